The summed E-state index contributed by atoms with van der Waals surface area (Å²) in [4.78, 5) is 7.77. The van der Waals surface area contributed by atoms with E-state index in [2.05, 4.69) is 16.8 Å². The van der Waals surface area contributed by atoms with Gasteiger partial charge < -0.3 is 9.84 Å². The van der Waals surface area contributed by atoms with Gasteiger partial charge in [0.2, 0.25) is 0 Å². The van der Waals surface area contributed by atoms with Gasteiger partial charge in [0, 0.05) is 17.6 Å². The number of thiazole rings is 1. The van der Waals surface area contributed by atoms with E-state index in [1.165, 1.54) is 4.88 Å². The topological polar surface area (TPSA) is 45.6 Å². The van der Waals surface area contributed by atoms with Crippen molar-refractivity contribution >= 4 is 11.3 Å². The molecule has 1 N–H and O–H groups in total. The van der Waals surface area contributed by atoms with E-state index in [0.29, 0.717) is 13.2 Å². The lowest BCUT2D eigenvalue weighted by Gasteiger charge is -2.24. The van der Waals surface area contributed by atoms with Crippen LogP contribution in [0.1, 0.15) is 37.6 Å². The van der Waals surface area contributed by atoms with Crippen LogP contribution in [0.4, 0.5) is 0 Å². The summed E-state index contributed by atoms with van der Waals surface area (Å²) >= 11 is 1.74. The number of hydrogen-bond acceptors (Lipinski definition) is 5. The van der Waals surface area contributed by atoms with Gasteiger partial charge in [-0.2, -0.15) is 0 Å². The van der Waals surface area contributed by atoms with Gasteiger partial charge in [0.15, 0.2) is 0 Å². The van der Waals surface area contributed by atoms with Crippen molar-refractivity contribution in [2.75, 3.05) is 20.2 Å². The van der Waals surface area contributed by atoms with Crippen LogP contribution < -0.4 is 0 Å². The first-order chi connectivity index (χ1) is 8.80. The van der Waals surface area contributed by atoms with E-state index in [1.807, 2.05) is 34.0 Å². The van der Waals surface area contributed by atoms with Crippen molar-refractivity contribution < 1.29 is 9.84 Å². The average Bonchev–Trinajstić information content (AvgIpc) is 2.73. The van der Waals surface area contributed by atoms with Gasteiger partial charge in [-0.25, -0.2) is 4.98 Å². The first kappa shape index (κ1) is 16.6. The third-order valence-electron chi connectivity index (χ3n) is 2.59. The van der Waals surface area contributed by atoms with Gasteiger partial charge in [0.1, 0.15) is 5.01 Å². The molecular weight excluding hydrogens is 260 g/mol. The summed E-state index contributed by atoms with van der Waals surface area (Å²) in [6, 6.07) is 0. The maximum Gasteiger partial charge on any atom is 0.107 e. The number of nitrogens with zero attached hydrogens (tertiary/aromatic N) is 2. The Morgan fingerprint density at radius 1 is 1.47 bits per heavy atom. The fourth-order valence-electron chi connectivity index (χ4n) is 1.64. The van der Waals surface area contributed by atoms with Crippen molar-refractivity contribution in [1.82, 2.24) is 9.88 Å². The van der Waals surface area contributed by atoms with Crippen LogP contribution in [-0.4, -0.2) is 46.9 Å². The first-order valence-electron chi connectivity index (χ1n) is 6.74. The molecule has 0 aliphatic rings. The van der Waals surface area contributed by atoms with Gasteiger partial charge in [-0.1, -0.05) is 6.92 Å². The second-order valence-corrected chi connectivity index (χ2v) is 7.05. The van der Waals surface area contributed by atoms with E-state index in [9.17, 15) is 5.11 Å². The fraction of sp³-hybridized carbons (Fsp3) is 0.786. The number of likely N-dealkylation sites (N-methyl/N-ethyl adjacent to an activating group) is 1. The van der Waals surface area contributed by atoms with E-state index >= 15 is 0 Å². The number of aromatic nitrogens is 1. The second-order valence-electron chi connectivity index (χ2n) is 5.85. The summed E-state index contributed by atoms with van der Waals surface area (Å²) in [6.45, 7) is 9.84. The Morgan fingerprint density at radius 3 is 2.68 bits per heavy atom. The zero-order valence-electron chi connectivity index (χ0n) is 12.6. The van der Waals surface area contributed by atoms with Crippen molar-refractivity contribution in [1.29, 1.82) is 0 Å². The van der Waals surface area contributed by atoms with Crippen molar-refractivity contribution in [3.63, 3.8) is 0 Å². The molecule has 1 atom stereocenters. The molecule has 0 spiro atoms. The van der Waals surface area contributed by atoms with Gasteiger partial charge >= 0.3 is 0 Å². The Bertz CT molecular complexity index is 374. The highest BCUT2D eigenvalue weighted by atomic mass is 32.1. The van der Waals surface area contributed by atoms with E-state index < -0.39 is 6.10 Å². The highest BCUT2D eigenvalue weighted by molar-refractivity contribution is 7.11. The zero-order chi connectivity index (χ0) is 14.5. The average molecular weight is 286 g/mol. The van der Waals surface area contributed by atoms with Crippen molar-refractivity contribution in [2.45, 2.75) is 52.4 Å². The SMILES string of the molecule is CCc1cnc(CN(C)CC(O)COC(C)(C)C)s1. The number of aliphatic hydroxyl groups is 1. The summed E-state index contributed by atoms with van der Waals surface area (Å²) in [6.07, 6.45) is 2.51. The van der Waals surface area contributed by atoms with Crippen LogP contribution in [0.5, 0.6) is 0 Å². The zero-order valence-corrected chi connectivity index (χ0v) is 13.5. The van der Waals surface area contributed by atoms with Crippen LogP contribution in [0, 0.1) is 0 Å². The number of aryl methyl sites for hydroxylation is 1. The molecule has 1 heterocycles. The lowest BCUT2D eigenvalue weighted by Crippen LogP contribution is -2.34. The second kappa shape index (κ2) is 7.33. The molecule has 0 aliphatic heterocycles. The normalized spacial score (nSPS) is 14.1. The molecule has 1 unspecified atom stereocenters. The molecule has 1 aromatic rings. The molecule has 110 valence electrons. The molecule has 0 saturated carbocycles. The third-order valence-corrected chi connectivity index (χ3v) is 3.71. The summed E-state index contributed by atoms with van der Waals surface area (Å²) in [5.41, 5.74) is -0.203. The van der Waals surface area contributed by atoms with Crippen LogP contribution >= 0.6 is 11.3 Å². The van der Waals surface area contributed by atoms with Gasteiger partial charge in [-0.05, 0) is 34.2 Å². The predicted octanol–water partition coefficient (Wildman–Crippen LogP) is 2.31. The standard InChI is InChI=1S/C14H26N2O2S/c1-6-12-7-15-13(19-12)9-16(5)8-11(17)10-18-14(2,3)4/h7,11,17H,6,8-10H2,1-5H3. The van der Waals surface area contributed by atoms with Crippen molar-refractivity contribution in [3.05, 3.63) is 16.1 Å². The Kier molecular flexibility index (Phi) is 6.39. The minimum Gasteiger partial charge on any atom is -0.389 e. The Labute approximate surface area is 120 Å². The molecule has 0 fully saturated rings. The predicted molar refractivity (Wildman–Crippen MR) is 79.5 cm³/mol. The molecule has 0 aliphatic carbocycles. The monoisotopic (exact) mass is 286 g/mol. The fourth-order valence-corrected chi connectivity index (χ4v) is 2.58. The summed E-state index contributed by atoms with van der Waals surface area (Å²) in [5.74, 6) is 0. The van der Waals surface area contributed by atoms with E-state index in [1.54, 1.807) is 11.3 Å². The smallest absolute Gasteiger partial charge is 0.107 e. The molecule has 1 aromatic heterocycles. The van der Waals surface area contributed by atoms with Crippen LogP contribution in [0.15, 0.2) is 6.20 Å². The molecular formula is C14H26N2O2S. The molecule has 0 amide bonds. The lowest BCUT2D eigenvalue weighted by molar-refractivity contribution is -0.0550. The lowest BCUT2D eigenvalue weighted by atomic mass is 10.2. The minimum absolute atomic E-state index is 0.203. The van der Waals surface area contributed by atoms with Gasteiger partial charge in [-0.3, -0.25) is 4.90 Å². The highest BCUT2D eigenvalue weighted by Crippen LogP contribution is 2.15. The molecule has 0 bridgehead atoms. The molecule has 4 nitrogen and oxygen atoms in total. The van der Waals surface area contributed by atoms with Crippen LogP contribution in [0.25, 0.3) is 0 Å². The van der Waals surface area contributed by atoms with Gasteiger partial charge in [0.25, 0.3) is 0 Å². The molecule has 0 radical (unpaired) electrons. The molecule has 0 aromatic carbocycles. The van der Waals surface area contributed by atoms with Crippen LogP contribution in [0.2, 0.25) is 0 Å². The molecule has 5 heteroatoms. The van der Waals surface area contributed by atoms with Crippen molar-refractivity contribution in [3.8, 4) is 0 Å². The van der Waals surface area contributed by atoms with E-state index in [0.717, 1.165) is 18.0 Å². The summed E-state index contributed by atoms with van der Waals surface area (Å²) < 4.78 is 5.57. The highest BCUT2D eigenvalue weighted by Gasteiger charge is 2.15. The molecule has 1 rings (SSSR count). The number of rotatable bonds is 7. The van der Waals surface area contributed by atoms with E-state index in [-0.39, 0.29) is 5.60 Å². The van der Waals surface area contributed by atoms with E-state index in [4.69, 9.17) is 4.74 Å². The number of hydrogen-bond donors (Lipinski definition) is 1. The number of aliphatic hydroxyl groups excluding tert-OH is 1. The van der Waals surface area contributed by atoms with Crippen LogP contribution in [0.3, 0.4) is 0 Å². The number of ether oxygens (including phenoxy) is 1. The minimum atomic E-state index is -0.463. The Morgan fingerprint density at radius 2 is 2.16 bits per heavy atom. The first-order valence-corrected chi connectivity index (χ1v) is 7.56. The Balaban J connectivity index is 2.32. The summed E-state index contributed by atoms with van der Waals surface area (Å²) in [5, 5.41) is 11.0. The van der Waals surface area contributed by atoms with Crippen molar-refractivity contribution in [2.24, 2.45) is 0 Å². The summed E-state index contributed by atoms with van der Waals surface area (Å²) in [7, 11) is 1.99. The maximum atomic E-state index is 9.93. The molecule has 19 heavy (non-hydrogen) atoms. The Hall–Kier alpha value is -0.490. The van der Waals surface area contributed by atoms with Crippen LogP contribution in [-0.2, 0) is 17.7 Å². The third kappa shape index (κ3) is 7.01. The maximum absolute atomic E-state index is 9.93. The quantitative estimate of drug-likeness (QED) is 0.835. The van der Waals surface area contributed by atoms with Gasteiger partial charge in [-0.15, -0.1) is 11.3 Å². The largest absolute Gasteiger partial charge is 0.389 e. The molecule has 0 saturated heterocycles. The van der Waals surface area contributed by atoms with Gasteiger partial charge in [0.05, 0.1) is 24.9 Å².